The fraction of sp³-hybridized carbons (Fsp3) is 0.485. The van der Waals surface area contributed by atoms with E-state index < -0.39 is 0 Å². The maximum Gasteiger partial charge on any atom is 0.251 e. The van der Waals surface area contributed by atoms with Crippen LogP contribution >= 0.6 is 0 Å². The Labute approximate surface area is 234 Å². The maximum absolute atomic E-state index is 12.9. The molecule has 2 N–H and O–H groups in total. The number of carbonyl (C=O) groups is 1. The first-order valence-electron chi connectivity index (χ1n) is 14.7. The molecule has 1 amide bonds. The minimum atomic E-state index is 0.0124. The van der Waals surface area contributed by atoms with Gasteiger partial charge in [0.25, 0.3) is 5.91 Å². The minimum absolute atomic E-state index is 0.0124. The highest BCUT2D eigenvalue weighted by atomic mass is 16.1. The Balaban J connectivity index is 1.23. The van der Waals surface area contributed by atoms with Crippen LogP contribution in [0, 0.1) is 6.92 Å². The summed E-state index contributed by atoms with van der Waals surface area (Å²) in [6.45, 7) is 4.18. The number of amides is 1. The lowest BCUT2D eigenvalue weighted by atomic mass is 9.91. The van der Waals surface area contributed by atoms with E-state index in [0.29, 0.717) is 6.04 Å². The van der Waals surface area contributed by atoms with Crippen LogP contribution in [0.15, 0.2) is 54.6 Å². The second-order valence-electron chi connectivity index (χ2n) is 11.2. The second-order valence-corrected chi connectivity index (χ2v) is 11.2. The second kappa shape index (κ2) is 14.1. The van der Waals surface area contributed by atoms with Crippen molar-refractivity contribution in [3.8, 4) is 11.1 Å². The molecule has 6 heteroatoms. The fourth-order valence-electron chi connectivity index (χ4n) is 5.33. The van der Waals surface area contributed by atoms with Crippen LogP contribution in [-0.2, 0) is 6.42 Å². The van der Waals surface area contributed by atoms with Gasteiger partial charge in [-0.25, -0.2) is 9.97 Å². The van der Waals surface area contributed by atoms with Crippen LogP contribution in [-0.4, -0.2) is 42.1 Å². The predicted molar refractivity (Wildman–Crippen MR) is 163 cm³/mol. The molecule has 0 aliphatic heterocycles. The van der Waals surface area contributed by atoms with E-state index in [1.54, 1.807) is 0 Å². The molecule has 3 aromatic rings. The van der Waals surface area contributed by atoms with Gasteiger partial charge >= 0.3 is 0 Å². The molecular weight excluding hydrogens is 482 g/mol. The summed E-state index contributed by atoms with van der Waals surface area (Å²) in [4.78, 5) is 23.9. The van der Waals surface area contributed by atoms with Gasteiger partial charge in [0.2, 0.25) is 0 Å². The first-order chi connectivity index (χ1) is 18.9. The van der Waals surface area contributed by atoms with Gasteiger partial charge in [0.15, 0.2) is 0 Å². The summed E-state index contributed by atoms with van der Waals surface area (Å²) in [6.07, 6.45) is 11.6. The SMILES string of the molecule is CCCCCCCc1ccc(-c2ccc(C(=O)NC3CCC(Nc4cc(N(C)C)nc(C)n4)CC3)cc2)cc1. The summed E-state index contributed by atoms with van der Waals surface area (Å²) in [7, 11) is 3.97. The third kappa shape index (κ3) is 8.54. The van der Waals surface area contributed by atoms with Gasteiger partial charge in [-0.2, -0.15) is 0 Å². The van der Waals surface area contributed by atoms with Gasteiger partial charge in [0.05, 0.1) is 0 Å². The summed E-state index contributed by atoms with van der Waals surface area (Å²) < 4.78 is 0. The smallest absolute Gasteiger partial charge is 0.251 e. The summed E-state index contributed by atoms with van der Waals surface area (Å²) in [5.41, 5.74) is 4.46. The van der Waals surface area contributed by atoms with Gasteiger partial charge in [-0.1, -0.05) is 69.0 Å². The highest BCUT2D eigenvalue weighted by molar-refractivity contribution is 5.94. The molecule has 1 aliphatic rings. The molecule has 0 atom stereocenters. The molecule has 1 aromatic heterocycles. The highest BCUT2D eigenvalue weighted by Gasteiger charge is 2.23. The lowest BCUT2D eigenvalue weighted by molar-refractivity contribution is 0.0926. The highest BCUT2D eigenvalue weighted by Crippen LogP contribution is 2.25. The Bertz CT molecular complexity index is 1180. The number of hydrogen-bond donors (Lipinski definition) is 2. The van der Waals surface area contributed by atoms with E-state index in [1.807, 2.05) is 44.1 Å². The van der Waals surface area contributed by atoms with Gasteiger partial charge in [-0.15, -0.1) is 0 Å². The van der Waals surface area contributed by atoms with Crippen molar-refractivity contribution >= 4 is 17.5 Å². The molecule has 0 unspecified atom stereocenters. The van der Waals surface area contributed by atoms with Crippen LogP contribution in [0.3, 0.4) is 0 Å². The molecule has 0 saturated heterocycles. The van der Waals surface area contributed by atoms with Crippen molar-refractivity contribution in [3.05, 3.63) is 71.5 Å². The normalized spacial score (nSPS) is 17.0. The third-order valence-corrected chi connectivity index (χ3v) is 7.70. The Hall–Kier alpha value is -3.41. The lowest BCUT2D eigenvalue weighted by Gasteiger charge is -2.30. The Kier molecular flexibility index (Phi) is 10.3. The van der Waals surface area contributed by atoms with E-state index in [1.165, 1.54) is 43.2 Å². The van der Waals surface area contributed by atoms with Crippen LogP contribution in [0.5, 0.6) is 0 Å². The van der Waals surface area contributed by atoms with Gasteiger partial charge in [-0.05, 0) is 74.3 Å². The number of benzene rings is 2. The van der Waals surface area contributed by atoms with Gasteiger partial charge < -0.3 is 15.5 Å². The first-order valence-corrected chi connectivity index (χ1v) is 14.7. The van der Waals surface area contributed by atoms with Crippen molar-refractivity contribution in [3.63, 3.8) is 0 Å². The Morgan fingerprint density at radius 3 is 2.10 bits per heavy atom. The van der Waals surface area contributed by atoms with E-state index in [-0.39, 0.29) is 11.9 Å². The zero-order valence-electron chi connectivity index (χ0n) is 24.2. The largest absolute Gasteiger partial charge is 0.367 e. The van der Waals surface area contributed by atoms with E-state index in [4.69, 9.17) is 0 Å². The van der Waals surface area contributed by atoms with Crippen molar-refractivity contribution in [1.82, 2.24) is 15.3 Å². The molecule has 2 aromatic carbocycles. The fourth-order valence-corrected chi connectivity index (χ4v) is 5.33. The van der Waals surface area contributed by atoms with Crippen molar-refractivity contribution in [2.45, 2.75) is 90.1 Å². The molecule has 1 aliphatic carbocycles. The topological polar surface area (TPSA) is 70.2 Å². The van der Waals surface area contributed by atoms with E-state index in [9.17, 15) is 4.79 Å². The number of nitrogens with one attached hydrogen (secondary N) is 2. The molecule has 208 valence electrons. The Morgan fingerprint density at radius 2 is 1.46 bits per heavy atom. The monoisotopic (exact) mass is 527 g/mol. The number of hydrogen-bond acceptors (Lipinski definition) is 5. The molecule has 4 rings (SSSR count). The molecular formula is C33H45N5O. The summed E-state index contributed by atoms with van der Waals surface area (Å²) in [6, 6.07) is 19.4. The molecule has 1 fully saturated rings. The van der Waals surface area contributed by atoms with Crippen LogP contribution < -0.4 is 15.5 Å². The van der Waals surface area contributed by atoms with Crippen LogP contribution in [0.1, 0.15) is 86.5 Å². The van der Waals surface area contributed by atoms with Crippen LogP contribution in [0.4, 0.5) is 11.6 Å². The van der Waals surface area contributed by atoms with Crippen LogP contribution in [0.2, 0.25) is 0 Å². The summed E-state index contributed by atoms with van der Waals surface area (Å²) in [5, 5.41) is 6.83. The maximum atomic E-state index is 12.9. The van der Waals surface area contributed by atoms with Gasteiger partial charge in [0.1, 0.15) is 17.5 Å². The number of unbranched alkanes of at least 4 members (excludes halogenated alkanes) is 4. The first kappa shape index (κ1) is 28.6. The minimum Gasteiger partial charge on any atom is -0.367 e. The van der Waals surface area contributed by atoms with Gasteiger partial charge in [-0.3, -0.25) is 4.79 Å². The molecule has 6 nitrogen and oxygen atoms in total. The quantitative estimate of drug-likeness (QED) is 0.244. The zero-order valence-corrected chi connectivity index (χ0v) is 24.2. The summed E-state index contributed by atoms with van der Waals surface area (Å²) in [5.74, 6) is 2.55. The van der Waals surface area contributed by atoms with Crippen molar-refractivity contribution in [2.24, 2.45) is 0 Å². The average molecular weight is 528 g/mol. The average Bonchev–Trinajstić information content (AvgIpc) is 2.94. The van der Waals surface area contributed by atoms with E-state index in [0.717, 1.165) is 60.7 Å². The number of anilines is 2. The van der Waals surface area contributed by atoms with E-state index in [2.05, 4.69) is 63.9 Å². The number of nitrogens with zero attached hydrogens (tertiary/aromatic N) is 3. The standard InChI is InChI=1S/C33H45N5O/c1-5-6-7-8-9-10-25-11-13-26(14-12-25)27-15-17-28(18-16-27)33(39)37-30-21-19-29(20-22-30)36-31-23-32(38(3)4)35-24(2)34-31/h11-18,23,29-30H,5-10,19-22H2,1-4H3,(H,37,39)(H,34,35,36). The molecule has 39 heavy (non-hydrogen) atoms. The number of aryl methyl sites for hydroxylation is 2. The predicted octanol–water partition coefficient (Wildman–Crippen LogP) is 7.18. The summed E-state index contributed by atoms with van der Waals surface area (Å²) >= 11 is 0. The van der Waals surface area contributed by atoms with Crippen molar-refractivity contribution < 1.29 is 4.79 Å². The van der Waals surface area contributed by atoms with E-state index >= 15 is 0 Å². The molecule has 0 radical (unpaired) electrons. The zero-order chi connectivity index (χ0) is 27.6. The molecule has 1 heterocycles. The number of carbonyl (C=O) groups excluding carboxylic acids is 1. The van der Waals surface area contributed by atoms with Crippen LogP contribution in [0.25, 0.3) is 11.1 Å². The van der Waals surface area contributed by atoms with Crippen molar-refractivity contribution in [1.29, 1.82) is 0 Å². The third-order valence-electron chi connectivity index (χ3n) is 7.70. The number of rotatable bonds is 12. The number of aromatic nitrogens is 2. The molecule has 1 saturated carbocycles. The van der Waals surface area contributed by atoms with Crippen molar-refractivity contribution in [2.75, 3.05) is 24.3 Å². The molecule has 0 spiro atoms. The lowest BCUT2D eigenvalue weighted by Crippen LogP contribution is -2.40. The Morgan fingerprint density at radius 1 is 0.846 bits per heavy atom. The molecule has 0 bridgehead atoms. The van der Waals surface area contributed by atoms with Gasteiger partial charge in [0, 0.05) is 37.8 Å².